The number of hydrogen-bond donors (Lipinski definition) is 1. The molecule has 1 atom stereocenters. The molecule has 0 aliphatic carbocycles. The van der Waals surface area contributed by atoms with Crippen molar-refractivity contribution < 1.29 is 0 Å². The predicted octanol–water partition coefficient (Wildman–Crippen LogP) is 1.31. The van der Waals surface area contributed by atoms with Crippen LogP contribution in [0.5, 0.6) is 0 Å². The second-order valence-corrected chi connectivity index (χ2v) is 3.92. The Morgan fingerprint density at radius 2 is 1.91 bits per heavy atom. The maximum absolute atomic E-state index is 5.69. The Balaban J connectivity index is 3.69. The lowest BCUT2D eigenvalue weighted by Gasteiger charge is -2.27. The second kappa shape index (κ2) is 4.73. The van der Waals surface area contributed by atoms with E-state index in [1.54, 1.807) is 0 Å². The first kappa shape index (κ1) is 10.9. The van der Waals surface area contributed by atoms with E-state index in [4.69, 9.17) is 5.73 Å². The molecule has 11 heavy (non-hydrogen) atoms. The molecule has 0 aliphatic heterocycles. The summed E-state index contributed by atoms with van der Waals surface area (Å²) < 4.78 is 0. The number of hydrogen-bond acceptors (Lipinski definition) is 2. The van der Waals surface area contributed by atoms with E-state index in [2.05, 4.69) is 32.8 Å². The summed E-state index contributed by atoms with van der Waals surface area (Å²) in [5, 5.41) is 0. The summed E-state index contributed by atoms with van der Waals surface area (Å²) in [4.78, 5) is 2.21. The highest BCUT2D eigenvalue weighted by atomic mass is 15.0. The Labute approximate surface area is 70.8 Å². The van der Waals surface area contributed by atoms with Crippen LogP contribution in [0.25, 0.3) is 0 Å². The van der Waals surface area contributed by atoms with Crippen LogP contribution < -0.4 is 5.73 Å². The average Bonchev–Trinajstić information content (AvgIpc) is 2.00. The topological polar surface area (TPSA) is 29.3 Å². The molecule has 2 N–H and O–H groups in total. The van der Waals surface area contributed by atoms with Crippen molar-refractivity contribution in [2.24, 2.45) is 11.1 Å². The predicted molar refractivity (Wildman–Crippen MR) is 50.6 cm³/mol. The van der Waals surface area contributed by atoms with E-state index in [9.17, 15) is 0 Å². The van der Waals surface area contributed by atoms with Crippen molar-refractivity contribution in [3.63, 3.8) is 0 Å². The minimum absolute atomic E-state index is 0.351. The summed E-state index contributed by atoms with van der Waals surface area (Å²) >= 11 is 0. The maximum atomic E-state index is 5.69. The molecule has 1 unspecified atom stereocenters. The fourth-order valence-electron chi connectivity index (χ4n) is 0.917. The van der Waals surface area contributed by atoms with E-state index in [-0.39, 0.29) is 0 Å². The van der Waals surface area contributed by atoms with Gasteiger partial charge < -0.3 is 10.6 Å². The molecule has 0 aromatic carbocycles. The van der Waals surface area contributed by atoms with Gasteiger partial charge in [0.2, 0.25) is 0 Å². The minimum Gasteiger partial charge on any atom is -0.330 e. The summed E-state index contributed by atoms with van der Waals surface area (Å²) in [6.45, 7) is 6.41. The van der Waals surface area contributed by atoms with Crippen molar-refractivity contribution in [3.8, 4) is 0 Å². The molecular formula is C9H22N2. The molecule has 2 nitrogen and oxygen atoms in total. The van der Waals surface area contributed by atoms with Gasteiger partial charge in [0, 0.05) is 0 Å². The highest BCUT2D eigenvalue weighted by Gasteiger charge is 2.19. The van der Waals surface area contributed by atoms with Gasteiger partial charge in [0.1, 0.15) is 0 Å². The Bertz CT molecular complexity index is 95.7. The molecule has 0 saturated carbocycles. The molecule has 0 aliphatic rings. The highest BCUT2D eigenvalue weighted by molar-refractivity contribution is 4.74. The molecule has 68 valence electrons. The van der Waals surface area contributed by atoms with Gasteiger partial charge >= 0.3 is 0 Å². The lowest BCUT2D eigenvalue weighted by Crippen LogP contribution is -2.30. The third kappa shape index (κ3) is 4.38. The zero-order valence-corrected chi connectivity index (χ0v) is 8.35. The lowest BCUT2D eigenvalue weighted by molar-refractivity contribution is 0.250. The molecule has 0 spiro atoms. The van der Waals surface area contributed by atoms with Gasteiger partial charge in [-0.25, -0.2) is 0 Å². The van der Waals surface area contributed by atoms with Gasteiger partial charge in [0.05, 0.1) is 0 Å². The molecule has 0 amide bonds. The number of nitrogens with zero attached hydrogens (tertiary/aromatic N) is 1. The summed E-state index contributed by atoms with van der Waals surface area (Å²) in [5.41, 5.74) is 6.04. The van der Waals surface area contributed by atoms with E-state index in [1.165, 1.54) is 12.8 Å². The third-order valence-corrected chi connectivity index (χ3v) is 2.51. The van der Waals surface area contributed by atoms with Crippen molar-refractivity contribution >= 4 is 0 Å². The van der Waals surface area contributed by atoms with E-state index >= 15 is 0 Å². The van der Waals surface area contributed by atoms with Crippen LogP contribution in [0.2, 0.25) is 0 Å². The highest BCUT2D eigenvalue weighted by Crippen LogP contribution is 2.23. The molecule has 0 aromatic heterocycles. The van der Waals surface area contributed by atoms with Crippen LogP contribution in [-0.2, 0) is 0 Å². The standard InChI is InChI=1S/C9H22N2/c1-5-9(2,8-10)6-7-11(3)4/h5-8,10H2,1-4H3. The summed E-state index contributed by atoms with van der Waals surface area (Å²) in [5.74, 6) is 0. The molecule has 0 radical (unpaired) electrons. The van der Waals surface area contributed by atoms with Crippen molar-refractivity contribution in [1.29, 1.82) is 0 Å². The van der Waals surface area contributed by atoms with Gasteiger partial charge in [-0.2, -0.15) is 0 Å². The molecule has 0 bridgehead atoms. The first-order valence-corrected chi connectivity index (χ1v) is 4.39. The number of rotatable bonds is 5. The minimum atomic E-state index is 0.351. The Morgan fingerprint density at radius 1 is 1.36 bits per heavy atom. The van der Waals surface area contributed by atoms with Gasteiger partial charge in [-0.15, -0.1) is 0 Å². The molecule has 0 fully saturated rings. The molecular weight excluding hydrogens is 136 g/mol. The van der Waals surface area contributed by atoms with Crippen LogP contribution in [-0.4, -0.2) is 32.1 Å². The van der Waals surface area contributed by atoms with Crippen molar-refractivity contribution in [2.45, 2.75) is 26.7 Å². The Morgan fingerprint density at radius 3 is 2.18 bits per heavy atom. The van der Waals surface area contributed by atoms with Crippen LogP contribution in [0.15, 0.2) is 0 Å². The van der Waals surface area contributed by atoms with Crippen LogP contribution in [0.3, 0.4) is 0 Å². The van der Waals surface area contributed by atoms with E-state index in [0.717, 1.165) is 13.1 Å². The molecule has 2 heteroatoms. The molecule has 0 rings (SSSR count). The second-order valence-electron chi connectivity index (χ2n) is 3.92. The van der Waals surface area contributed by atoms with E-state index in [1.807, 2.05) is 0 Å². The van der Waals surface area contributed by atoms with Crippen LogP contribution in [0.4, 0.5) is 0 Å². The monoisotopic (exact) mass is 158 g/mol. The van der Waals surface area contributed by atoms with Gasteiger partial charge in [-0.3, -0.25) is 0 Å². The maximum Gasteiger partial charge on any atom is -0.00192 e. The Hall–Kier alpha value is -0.0800. The molecule has 0 aromatic rings. The largest absolute Gasteiger partial charge is 0.330 e. The normalized spacial score (nSPS) is 16.9. The van der Waals surface area contributed by atoms with Gasteiger partial charge in [0.25, 0.3) is 0 Å². The smallest absolute Gasteiger partial charge is 0.00192 e. The van der Waals surface area contributed by atoms with Crippen molar-refractivity contribution in [2.75, 3.05) is 27.2 Å². The first-order valence-electron chi connectivity index (χ1n) is 4.39. The summed E-state index contributed by atoms with van der Waals surface area (Å²) in [6.07, 6.45) is 2.38. The zero-order chi connectivity index (χ0) is 8.91. The van der Waals surface area contributed by atoms with Gasteiger partial charge in [-0.1, -0.05) is 13.8 Å². The third-order valence-electron chi connectivity index (χ3n) is 2.51. The van der Waals surface area contributed by atoms with E-state index < -0.39 is 0 Å². The van der Waals surface area contributed by atoms with Crippen LogP contribution >= 0.6 is 0 Å². The van der Waals surface area contributed by atoms with Crippen LogP contribution in [0, 0.1) is 5.41 Å². The SMILES string of the molecule is CCC(C)(CN)CCN(C)C. The molecule has 0 saturated heterocycles. The molecule has 0 heterocycles. The van der Waals surface area contributed by atoms with Crippen LogP contribution in [0.1, 0.15) is 26.7 Å². The Kier molecular flexibility index (Phi) is 4.69. The lowest BCUT2D eigenvalue weighted by atomic mass is 9.84. The van der Waals surface area contributed by atoms with E-state index in [0.29, 0.717) is 5.41 Å². The average molecular weight is 158 g/mol. The van der Waals surface area contributed by atoms with Crippen molar-refractivity contribution in [1.82, 2.24) is 4.90 Å². The fraction of sp³-hybridized carbons (Fsp3) is 1.00. The van der Waals surface area contributed by atoms with Gasteiger partial charge in [-0.05, 0) is 45.4 Å². The fourth-order valence-corrected chi connectivity index (χ4v) is 0.917. The van der Waals surface area contributed by atoms with Gasteiger partial charge in [0.15, 0.2) is 0 Å². The summed E-state index contributed by atoms with van der Waals surface area (Å²) in [7, 11) is 4.21. The quantitative estimate of drug-likeness (QED) is 0.653. The number of nitrogens with two attached hydrogens (primary N) is 1. The first-order chi connectivity index (χ1) is 5.04. The summed E-state index contributed by atoms with van der Waals surface area (Å²) in [6, 6.07) is 0. The van der Waals surface area contributed by atoms with Crippen molar-refractivity contribution in [3.05, 3.63) is 0 Å². The zero-order valence-electron chi connectivity index (χ0n) is 8.35.